The third-order valence-electron chi connectivity index (χ3n) is 19.5. The molecule has 0 amide bonds. The van der Waals surface area contributed by atoms with E-state index >= 15 is 0 Å². The molecule has 56 heavy (non-hydrogen) atoms. The minimum Gasteiger partial charge on any atom is -0.469 e. The van der Waals surface area contributed by atoms with Gasteiger partial charge in [-0.3, -0.25) is 19.2 Å². The lowest BCUT2D eigenvalue weighted by Gasteiger charge is -2.60. The highest BCUT2D eigenvalue weighted by Gasteiger charge is 2.65. The second-order valence-electron chi connectivity index (χ2n) is 21.5. The van der Waals surface area contributed by atoms with Crippen LogP contribution in [0, 0.1) is 98.6 Å². The molecule has 0 saturated heterocycles. The number of ether oxygens (including phenoxy) is 2. The summed E-state index contributed by atoms with van der Waals surface area (Å²) in [7, 11) is 2.93. The molecule has 0 N–H and O–H groups in total. The molecular formula is C50H82O6. The summed E-state index contributed by atoms with van der Waals surface area (Å²) in [5.41, 5.74) is 1.34. The van der Waals surface area contributed by atoms with E-state index in [1.807, 2.05) is 13.8 Å². The topological polar surface area (TPSA) is 86.7 Å². The largest absolute Gasteiger partial charge is 0.469 e. The lowest BCUT2D eigenvalue weighted by Crippen LogP contribution is -2.57. The smallest absolute Gasteiger partial charge is 0.308 e. The SMILES string of the molecule is C.C.COC(=O)[C@@H](C)[C@H]1CCC2C3CC[C@@H]4C[C@H](C)CC[C@]4(C)C3=CC(=O)[C@@]21C.COC(=O)[C@@H](C)[C@H]1CCC2C3CC[C@@H]4C[C@H](C)CC[C@]4(C)C3CC(=O)[C@@]21C. The van der Waals surface area contributed by atoms with E-state index in [4.69, 9.17) is 9.47 Å². The molecule has 0 aromatic heterocycles. The number of fused-ring (bicyclic) bond motifs is 10. The molecule has 17 atom stereocenters. The zero-order chi connectivity index (χ0) is 39.1. The van der Waals surface area contributed by atoms with Crippen LogP contribution in [0.4, 0.5) is 0 Å². The van der Waals surface area contributed by atoms with Crippen LogP contribution in [-0.4, -0.2) is 37.7 Å². The summed E-state index contributed by atoms with van der Waals surface area (Å²) in [6.07, 6.45) is 20.0. The van der Waals surface area contributed by atoms with Crippen LogP contribution in [0.15, 0.2) is 11.6 Å². The number of methoxy groups -OCH3 is 2. The highest BCUT2D eigenvalue weighted by molar-refractivity contribution is 5.98. The van der Waals surface area contributed by atoms with E-state index < -0.39 is 5.41 Å². The number of carbonyl (C=O) groups excluding carboxylic acids is 4. The third kappa shape index (κ3) is 6.71. The van der Waals surface area contributed by atoms with Crippen molar-refractivity contribution in [2.24, 2.45) is 98.6 Å². The summed E-state index contributed by atoms with van der Waals surface area (Å²) in [6, 6.07) is 0. The molecule has 0 aliphatic heterocycles. The van der Waals surface area contributed by atoms with Gasteiger partial charge in [0.1, 0.15) is 5.78 Å². The van der Waals surface area contributed by atoms with Gasteiger partial charge in [-0.2, -0.15) is 0 Å². The van der Waals surface area contributed by atoms with Gasteiger partial charge in [0.2, 0.25) is 0 Å². The Morgan fingerprint density at radius 2 is 1.20 bits per heavy atom. The van der Waals surface area contributed by atoms with Crippen molar-refractivity contribution in [3.63, 3.8) is 0 Å². The summed E-state index contributed by atoms with van der Waals surface area (Å²) in [6.45, 7) is 18.0. The minimum atomic E-state index is -0.396. The van der Waals surface area contributed by atoms with Crippen LogP contribution in [0.1, 0.15) is 167 Å². The van der Waals surface area contributed by atoms with Crippen LogP contribution in [0.3, 0.4) is 0 Å². The van der Waals surface area contributed by atoms with Crippen LogP contribution in [-0.2, 0) is 28.7 Å². The first-order valence-electron chi connectivity index (χ1n) is 22.4. The van der Waals surface area contributed by atoms with Crippen molar-refractivity contribution in [2.75, 3.05) is 14.2 Å². The van der Waals surface area contributed by atoms with Crippen molar-refractivity contribution in [3.8, 4) is 0 Å². The second kappa shape index (κ2) is 16.2. The third-order valence-corrected chi connectivity index (χ3v) is 19.5. The number of esters is 2. The van der Waals surface area contributed by atoms with Crippen LogP contribution in [0.25, 0.3) is 0 Å². The van der Waals surface area contributed by atoms with Gasteiger partial charge in [-0.05, 0) is 165 Å². The standard InChI is InChI=1S/C24H38O3.C24H36O3.2CH4/c2*1-14-10-11-23(3)16(12-14)6-7-17-19-9-8-18(15(2)22(26)27-5)24(19,4)21(25)13-20(17)23;;/h14-20H,6-13H2,1-5H3;13-19H,6-12H2,1-5H3;2*1H4/t14-,15+,16-,17?,18-,19?,20?,23+,24-;14-,15+,16-,17?,18-,19?,23+,24-;;/m11../s1. The molecule has 6 heteroatoms. The molecule has 0 bridgehead atoms. The Balaban J connectivity index is 0.000000207. The number of rotatable bonds is 4. The van der Waals surface area contributed by atoms with Gasteiger partial charge in [-0.1, -0.05) is 82.2 Å². The minimum absolute atomic E-state index is 0. The molecule has 5 unspecified atom stereocenters. The normalized spacial score (nSPS) is 47.1. The Bertz CT molecular complexity index is 1530. The first-order chi connectivity index (χ1) is 25.5. The number of hydrogen-bond acceptors (Lipinski definition) is 6. The highest BCUT2D eigenvalue weighted by atomic mass is 16.5. The van der Waals surface area contributed by atoms with E-state index in [1.165, 1.54) is 84.0 Å². The molecule has 8 aliphatic carbocycles. The Morgan fingerprint density at radius 1 is 0.661 bits per heavy atom. The Labute approximate surface area is 342 Å². The van der Waals surface area contributed by atoms with Gasteiger partial charge in [0, 0.05) is 17.3 Å². The molecule has 8 rings (SSSR count). The molecule has 0 aromatic rings. The number of allylic oxidation sites excluding steroid dienone is 2. The first-order valence-corrected chi connectivity index (χ1v) is 22.4. The van der Waals surface area contributed by atoms with E-state index in [1.54, 1.807) is 0 Å². The van der Waals surface area contributed by atoms with Gasteiger partial charge in [0.05, 0.1) is 26.1 Å². The van der Waals surface area contributed by atoms with E-state index in [2.05, 4.69) is 47.6 Å². The molecule has 0 spiro atoms. The molecule has 7 saturated carbocycles. The van der Waals surface area contributed by atoms with E-state index in [0.29, 0.717) is 40.8 Å². The van der Waals surface area contributed by atoms with Crippen molar-refractivity contribution >= 4 is 23.5 Å². The monoisotopic (exact) mass is 779 g/mol. The Kier molecular flexibility index (Phi) is 13.1. The second-order valence-corrected chi connectivity index (χ2v) is 21.5. The fourth-order valence-electron chi connectivity index (χ4n) is 16.1. The fourth-order valence-corrected chi connectivity index (χ4v) is 16.1. The number of ketones is 2. The number of hydrogen-bond donors (Lipinski definition) is 0. The fraction of sp³-hybridized carbons (Fsp3) is 0.880. The predicted molar refractivity (Wildman–Crippen MR) is 225 cm³/mol. The number of Topliss-reactive ketones (excluding diaryl/α,β-unsaturated/α-hetero) is 1. The zero-order valence-corrected chi connectivity index (χ0v) is 35.6. The van der Waals surface area contributed by atoms with Gasteiger partial charge in [-0.15, -0.1) is 0 Å². The van der Waals surface area contributed by atoms with Gasteiger partial charge in [-0.25, -0.2) is 0 Å². The van der Waals surface area contributed by atoms with Crippen molar-refractivity contribution in [1.29, 1.82) is 0 Å². The van der Waals surface area contributed by atoms with E-state index in [9.17, 15) is 19.2 Å². The van der Waals surface area contributed by atoms with Crippen LogP contribution in [0.5, 0.6) is 0 Å². The molecule has 7 fully saturated rings. The maximum absolute atomic E-state index is 13.6. The molecular weight excluding hydrogens is 697 g/mol. The Morgan fingerprint density at radius 3 is 1.80 bits per heavy atom. The van der Waals surface area contributed by atoms with Gasteiger partial charge in [0.15, 0.2) is 5.78 Å². The van der Waals surface area contributed by atoms with Gasteiger partial charge < -0.3 is 9.47 Å². The van der Waals surface area contributed by atoms with Crippen molar-refractivity contribution < 1.29 is 28.7 Å². The summed E-state index contributed by atoms with van der Waals surface area (Å²) in [5.74, 6) is 6.20. The van der Waals surface area contributed by atoms with E-state index in [0.717, 1.165) is 55.8 Å². The Hall–Kier alpha value is -1.98. The summed E-state index contributed by atoms with van der Waals surface area (Å²) in [5, 5.41) is 0. The van der Waals surface area contributed by atoms with Crippen LogP contribution in [0.2, 0.25) is 0 Å². The lowest BCUT2D eigenvalue weighted by atomic mass is 9.43. The summed E-state index contributed by atoms with van der Waals surface area (Å²) < 4.78 is 10.1. The van der Waals surface area contributed by atoms with Crippen molar-refractivity contribution in [1.82, 2.24) is 0 Å². The van der Waals surface area contributed by atoms with Crippen molar-refractivity contribution in [2.45, 2.75) is 167 Å². The maximum Gasteiger partial charge on any atom is 0.308 e. The maximum atomic E-state index is 13.6. The molecule has 8 aliphatic rings. The molecule has 318 valence electrons. The average Bonchev–Trinajstić information content (AvgIpc) is 3.70. The lowest BCUT2D eigenvalue weighted by molar-refractivity contribution is -0.162. The van der Waals surface area contributed by atoms with Crippen LogP contribution >= 0.6 is 0 Å². The van der Waals surface area contributed by atoms with Crippen LogP contribution < -0.4 is 0 Å². The quantitative estimate of drug-likeness (QED) is 0.264. The molecule has 0 radical (unpaired) electrons. The summed E-state index contributed by atoms with van der Waals surface area (Å²) >= 11 is 0. The predicted octanol–water partition coefficient (Wildman–Crippen LogP) is 11.7. The summed E-state index contributed by atoms with van der Waals surface area (Å²) in [4.78, 5) is 51.6. The first kappa shape index (κ1) is 45.1. The molecule has 0 aromatic carbocycles. The molecule has 0 heterocycles. The van der Waals surface area contributed by atoms with Gasteiger partial charge in [0.25, 0.3) is 0 Å². The van der Waals surface area contributed by atoms with Gasteiger partial charge >= 0.3 is 11.9 Å². The zero-order valence-electron chi connectivity index (χ0n) is 35.6. The average molecular weight is 779 g/mol. The molecule has 6 nitrogen and oxygen atoms in total. The van der Waals surface area contributed by atoms with E-state index in [-0.39, 0.29) is 67.1 Å². The highest BCUT2D eigenvalue weighted by Crippen LogP contribution is 2.68. The van der Waals surface area contributed by atoms with Crippen molar-refractivity contribution in [3.05, 3.63) is 11.6 Å². The number of carbonyl (C=O) groups is 4.